The van der Waals surface area contributed by atoms with Crippen LogP contribution in [0.15, 0.2) is 18.2 Å². The summed E-state index contributed by atoms with van der Waals surface area (Å²) in [6, 6.07) is 7.97. The molecule has 1 aliphatic rings. The summed E-state index contributed by atoms with van der Waals surface area (Å²) >= 11 is 12.0. The van der Waals surface area contributed by atoms with Gasteiger partial charge in [-0.1, -0.05) is 36.0 Å². The molecule has 2 atom stereocenters. The van der Waals surface area contributed by atoms with Gasteiger partial charge in [0.2, 0.25) is 0 Å². The maximum absolute atomic E-state index is 9.11. The van der Waals surface area contributed by atoms with Gasteiger partial charge in [-0.3, -0.25) is 0 Å². The van der Waals surface area contributed by atoms with Crippen LogP contribution < -0.4 is 5.32 Å². The lowest BCUT2D eigenvalue weighted by molar-refractivity contribution is 0.389. The first kappa shape index (κ1) is 12.5. The molecule has 0 aromatic heterocycles. The summed E-state index contributed by atoms with van der Waals surface area (Å²) in [6.45, 7) is 0. The summed E-state index contributed by atoms with van der Waals surface area (Å²) in [6.07, 6.45) is 4.31. The van der Waals surface area contributed by atoms with Crippen LogP contribution in [0.1, 0.15) is 25.7 Å². The van der Waals surface area contributed by atoms with Gasteiger partial charge < -0.3 is 5.32 Å². The van der Waals surface area contributed by atoms with Crippen LogP contribution in [-0.4, -0.2) is 6.04 Å². The molecule has 0 amide bonds. The van der Waals surface area contributed by atoms with E-state index in [1.54, 1.807) is 12.1 Å². The van der Waals surface area contributed by atoms with Gasteiger partial charge in [-0.05, 0) is 31.0 Å². The first-order chi connectivity index (χ1) is 8.20. The third-order valence-electron chi connectivity index (χ3n) is 3.20. The molecule has 2 unspecified atom stereocenters. The highest BCUT2D eigenvalue weighted by Crippen LogP contribution is 2.31. The molecule has 0 heterocycles. The Kier molecular flexibility index (Phi) is 4.15. The minimum Gasteiger partial charge on any atom is -0.380 e. The van der Waals surface area contributed by atoms with Crippen molar-refractivity contribution in [2.45, 2.75) is 31.7 Å². The van der Waals surface area contributed by atoms with E-state index in [1.165, 1.54) is 6.42 Å². The zero-order valence-electron chi connectivity index (χ0n) is 9.42. The molecule has 2 nitrogen and oxygen atoms in total. The van der Waals surface area contributed by atoms with Gasteiger partial charge in [0, 0.05) is 11.1 Å². The maximum Gasteiger partial charge on any atom is 0.0677 e. The first-order valence-corrected chi connectivity index (χ1v) is 6.57. The van der Waals surface area contributed by atoms with Gasteiger partial charge in [0.25, 0.3) is 0 Å². The van der Waals surface area contributed by atoms with Gasteiger partial charge in [0.15, 0.2) is 0 Å². The smallest absolute Gasteiger partial charge is 0.0677 e. The minimum atomic E-state index is 0.0792. The summed E-state index contributed by atoms with van der Waals surface area (Å²) < 4.78 is 0. The SMILES string of the molecule is N#CC1CCCCC1Nc1ccc(Cl)cc1Cl. The molecule has 90 valence electrons. The van der Waals surface area contributed by atoms with Crippen molar-refractivity contribution in [3.8, 4) is 6.07 Å². The van der Waals surface area contributed by atoms with Crippen molar-refractivity contribution in [3.63, 3.8) is 0 Å². The molecule has 17 heavy (non-hydrogen) atoms. The van der Waals surface area contributed by atoms with Crippen molar-refractivity contribution < 1.29 is 0 Å². The number of hydrogen-bond acceptors (Lipinski definition) is 2. The Morgan fingerprint density at radius 1 is 1.24 bits per heavy atom. The predicted octanol–water partition coefficient (Wildman–Crippen LogP) is 4.49. The van der Waals surface area contributed by atoms with E-state index < -0.39 is 0 Å². The molecule has 0 aliphatic heterocycles. The Morgan fingerprint density at radius 3 is 2.71 bits per heavy atom. The fraction of sp³-hybridized carbons (Fsp3) is 0.462. The predicted molar refractivity (Wildman–Crippen MR) is 71.4 cm³/mol. The molecule has 4 heteroatoms. The molecule has 0 spiro atoms. The summed E-state index contributed by atoms with van der Waals surface area (Å²) in [5.41, 5.74) is 0.864. The molecule has 0 radical (unpaired) electrons. The molecule has 0 bridgehead atoms. The van der Waals surface area contributed by atoms with E-state index in [2.05, 4.69) is 11.4 Å². The number of anilines is 1. The van der Waals surface area contributed by atoms with Crippen molar-refractivity contribution in [3.05, 3.63) is 28.2 Å². The highest BCUT2D eigenvalue weighted by atomic mass is 35.5. The molecule has 0 saturated heterocycles. The van der Waals surface area contributed by atoms with E-state index in [1.807, 2.05) is 6.07 Å². The van der Waals surface area contributed by atoms with Crippen LogP contribution in [0.2, 0.25) is 10.0 Å². The monoisotopic (exact) mass is 268 g/mol. The van der Waals surface area contributed by atoms with Gasteiger partial charge in [0.1, 0.15) is 0 Å². The van der Waals surface area contributed by atoms with Crippen LogP contribution in [0.3, 0.4) is 0 Å². The largest absolute Gasteiger partial charge is 0.380 e. The quantitative estimate of drug-likeness (QED) is 0.858. The number of nitriles is 1. The van der Waals surface area contributed by atoms with E-state index in [4.69, 9.17) is 28.5 Å². The zero-order valence-corrected chi connectivity index (χ0v) is 10.9. The van der Waals surface area contributed by atoms with E-state index in [-0.39, 0.29) is 12.0 Å². The minimum absolute atomic E-state index is 0.0792. The van der Waals surface area contributed by atoms with Crippen molar-refractivity contribution in [2.75, 3.05) is 5.32 Å². The van der Waals surface area contributed by atoms with Gasteiger partial charge in [-0.15, -0.1) is 0 Å². The molecule has 1 aromatic rings. The molecule has 1 fully saturated rings. The van der Waals surface area contributed by atoms with Gasteiger partial charge in [-0.2, -0.15) is 5.26 Å². The average Bonchev–Trinajstić information content (AvgIpc) is 2.33. The lowest BCUT2D eigenvalue weighted by atomic mass is 9.85. The van der Waals surface area contributed by atoms with E-state index >= 15 is 0 Å². The number of nitrogens with one attached hydrogen (secondary N) is 1. The van der Waals surface area contributed by atoms with Crippen LogP contribution in [0.5, 0.6) is 0 Å². The van der Waals surface area contributed by atoms with E-state index in [0.29, 0.717) is 10.0 Å². The highest BCUT2D eigenvalue weighted by molar-refractivity contribution is 6.36. The fourth-order valence-corrected chi connectivity index (χ4v) is 2.73. The summed E-state index contributed by atoms with van der Waals surface area (Å²) in [7, 11) is 0. The maximum atomic E-state index is 9.11. The molecule has 1 aromatic carbocycles. The third kappa shape index (κ3) is 3.06. The highest BCUT2D eigenvalue weighted by Gasteiger charge is 2.25. The second-order valence-electron chi connectivity index (χ2n) is 4.40. The van der Waals surface area contributed by atoms with Gasteiger partial charge >= 0.3 is 0 Å². The summed E-state index contributed by atoms with van der Waals surface area (Å²) in [5.74, 6) is 0.0792. The molecule has 1 aliphatic carbocycles. The van der Waals surface area contributed by atoms with E-state index in [0.717, 1.165) is 24.9 Å². The first-order valence-electron chi connectivity index (χ1n) is 5.82. The Bertz CT molecular complexity index is 440. The van der Waals surface area contributed by atoms with Crippen molar-refractivity contribution in [1.29, 1.82) is 5.26 Å². The Morgan fingerprint density at radius 2 is 2.00 bits per heavy atom. The Balaban J connectivity index is 2.11. The zero-order chi connectivity index (χ0) is 12.3. The van der Waals surface area contributed by atoms with Crippen molar-refractivity contribution >= 4 is 28.9 Å². The van der Waals surface area contributed by atoms with Crippen molar-refractivity contribution in [2.24, 2.45) is 5.92 Å². The topological polar surface area (TPSA) is 35.8 Å². The van der Waals surface area contributed by atoms with Crippen LogP contribution in [-0.2, 0) is 0 Å². The lowest BCUT2D eigenvalue weighted by Gasteiger charge is -2.28. The summed E-state index contributed by atoms with van der Waals surface area (Å²) in [5, 5.41) is 13.7. The molecule has 1 saturated carbocycles. The lowest BCUT2D eigenvalue weighted by Crippen LogP contribution is -2.31. The molecular formula is C13H14Cl2N2. The second kappa shape index (κ2) is 5.62. The third-order valence-corrected chi connectivity index (χ3v) is 3.75. The number of nitrogens with zero attached hydrogens (tertiary/aromatic N) is 1. The van der Waals surface area contributed by atoms with Crippen molar-refractivity contribution in [1.82, 2.24) is 0 Å². The van der Waals surface area contributed by atoms with Gasteiger partial charge in [0.05, 0.1) is 22.7 Å². The standard InChI is InChI=1S/C13H14Cl2N2/c14-10-5-6-13(11(15)7-10)17-12-4-2-1-3-9(12)8-16/h5-7,9,12,17H,1-4H2. The van der Waals surface area contributed by atoms with Crippen LogP contribution >= 0.6 is 23.2 Å². The molecule has 1 N–H and O–H groups in total. The Hall–Kier alpha value is -0.910. The number of halogens is 2. The number of hydrogen-bond donors (Lipinski definition) is 1. The fourth-order valence-electron chi connectivity index (χ4n) is 2.26. The van der Waals surface area contributed by atoms with E-state index in [9.17, 15) is 0 Å². The van der Waals surface area contributed by atoms with Crippen LogP contribution in [0, 0.1) is 17.2 Å². The van der Waals surface area contributed by atoms with Crippen LogP contribution in [0.4, 0.5) is 5.69 Å². The molecular weight excluding hydrogens is 255 g/mol. The van der Waals surface area contributed by atoms with Gasteiger partial charge in [-0.25, -0.2) is 0 Å². The Labute approximate surface area is 112 Å². The summed E-state index contributed by atoms with van der Waals surface area (Å²) in [4.78, 5) is 0. The second-order valence-corrected chi connectivity index (χ2v) is 5.24. The molecule has 2 rings (SSSR count). The number of rotatable bonds is 2. The normalized spacial score (nSPS) is 24.1. The van der Waals surface area contributed by atoms with Crippen LogP contribution in [0.25, 0.3) is 0 Å². The average molecular weight is 269 g/mol. The number of benzene rings is 1.